The number of ether oxygens (including phenoxy) is 1. The Morgan fingerprint density at radius 1 is 1.41 bits per heavy atom. The van der Waals surface area contributed by atoms with Crippen LogP contribution in [0.3, 0.4) is 0 Å². The summed E-state index contributed by atoms with van der Waals surface area (Å²) in [5, 5.41) is 3.83. The average molecular weight is 274 g/mol. The second-order valence-corrected chi connectivity index (χ2v) is 4.69. The van der Waals surface area contributed by atoms with Crippen molar-refractivity contribution >= 4 is 23.2 Å². The van der Waals surface area contributed by atoms with Crippen LogP contribution in [0.5, 0.6) is 5.75 Å². The molecule has 0 bridgehead atoms. The lowest BCUT2D eigenvalue weighted by Crippen LogP contribution is -2.22. The van der Waals surface area contributed by atoms with E-state index in [1.807, 2.05) is 24.3 Å². The first-order valence-electron chi connectivity index (χ1n) is 5.52. The van der Waals surface area contributed by atoms with E-state index in [-0.39, 0.29) is 0 Å². The summed E-state index contributed by atoms with van der Waals surface area (Å²) in [4.78, 5) is 0. The van der Waals surface area contributed by atoms with Gasteiger partial charge in [0, 0.05) is 23.7 Å². The van der Waals surface area contributed by atoms with Crippen LogP contribution in [0.25, 0.3) is 0 Å². The normalized spacial score (nSPS) is 11.9. The maximum atomic E-state index is 5.78. The minimum atomic E-state index is 0.295. The molecule has 4 heteroatoms. The highest BCUT2D eigenvalue weighted by Gasteiger charge is 2.04. The highest BCUT2D eigenvalue weighted by atomic mass is 35.5. The molecule has 0 unspecified atom stereocenters. The number of halogens is 2. The number of para-hydroxylation sites is 1. The summed E-state index contributed by atoms with van der Waals surface area (Å²) in [6.45, 7) is 5.28. The van der Waals surface area contributed by atoms with Crippen molar-refractivity contribution in [1.82, 2.24) is 5.32 Å². The summed E-state index contributed by atoms with van der Waals surface area (Å²) in [6, 6.07) is 8.32. The maximum absolute atomic E-state index is 5.78. The van der Waals surface area contributed by atoms with E-state index in [9.17, 15) is 0 Å². The first-order valence-corrected chi connectivity index (χ1v) is 6.33. The van der Waals surface area contributed by atoms with Gasteiger partial charge < -0.3 is 10.1 Å². The molecule has 0 heterocycles. The van der Waals surface area contributed by atoms with Gasteiger partial charge in [-0.15, -0.1) is 0 Å². The van der Waals surface area contributed by atoms with Crippen LogP contribution in [0.2, 0.25) is 0 Å². The third-order valence-electron chi connectivity index (χ3n) is 2.16. The van der Waals surface area contributed by atoms with E-state index >= 15 is 0 Å². The van der Waals surface area contributed by atoms with E-state index in [0.717, 1.165) is 17.9 Å². The molecule has 2 nitrogen and oxygen atoms in total. The summed E-state index contributed by atoms with van der Waals surface area (Å²) in [7, 11) is 0. The van der Waals surface area contributed by atoms with Crippen molar-refractivity contribution in [3.05, 3.63) is 40.4 Å². The molecule has 0 aromatic heterocycles. The lowest BCUT2D eigenvalue weighted by molar-refractivity contribution is 0.353. The zero-order chi connectivity index (χ0) is 12.7. The SMILES string of the molecule is CC(C)NCc1ccccc1OCC(Cl)=CCl. The monoisotopic (exact) mass is 273 g/mol. The Kier molecular flexibility index (Phi) is 6.41. The van der Waals surface area contributed by atoms with Crippen molar-refractivity contribution in [3.63, 3.8) is 0 Å². The van der Waals surface area contributed by atoms with Crippen LogP contribution in [0, 0.1) is 0 Å². The van der Waals surface area contributed by atoms with Gasteiger partial charge in [-0.1, -0.05) is 55.2 Å². The summed E-state index contributed by atoms with van der Waals surface area (Å²) in [5.41, 5.74) is 2.43. The minimum absolute atomic E-state index is 0.295. The summed E-state index contributed by atoms with van der Waals surface area (Å²) >= 11 is 11.3. The van der Waals surface area contributed by atoms with Gasteiger partial charge >= 0.3 is 0 Å². The van der Waals surface area contributed by atoms with Crippen LogP contribution in [0.4, 0.5) is 0 Å². The van der Waals surface area contributed by atoms with Crippen molar-refractivity contribution < 1.29 is 4.74 Å². The Balaban J connectivity index is 2.64. The second-order valence-electron chi connectivity index (χ2n) is 3.99. The first-order chi connectivity index (χ1) is 8.13. The summed E-state index contributed by atoms with van der Waals surface area (Å²) < 4.78 is 5.60. The van der Waals surface area contributed by atoms with Crippen molar-refractivity contribution in [3.8, 4) is 5.75 Å². The molecular weight excluding hydrogens is 257 g/mol. The molecule has 0 amide bonds. The molecule has 0 spiro atoms. The zero-order valence-corrected chi connectivity index (χ0v) is 11.6. The molecule has 1 rings (SSSR count). The van der Waals surface area contributed by atoms with Crippen molar-refractivity contribution in [2.45, 2.75) is 26.4 Å². The van der Waals surface area contributed by atoms with E-state index in [2.05, 4.69) is 19.2 Å². The number of nitrogens with one attached hydrogen (secondary N) is 1. The summed E-state index contributed by atoms with van der Waals surface area (Å²) in [5.74, 6) is 0.831. The molecule has 1 aromatic rings. The third-order valence-corrected chi connectivity index (χ3v) is 2.75. The van der Waals surface area contributed by atoms with Crippen LogP contribution >= 0.6 is 23.2 Å². The Hall–Kier alpha value is -0.700. The molecule has 0 saturated carbocycles. The molecule has 0 fully saturated rings. The fraction of sp³-hybridized carbons (Fsp3) is 0.385. The van der Waals surface area contributed by atoms with Crippen LogP contribution in [0.15, 0.2) is 34.8 Å². The van der Waals surface area contributed by atoms with Crippen LogP contribution < -0.4 is 10.1 Å². The zero-order valence-electron chi connectivity index (χ0n) is 10.0. The molecule has 0 aliphatic rings. The fourth-order valence-electron chi connectivity index (χ4n) is 1.28. The Morgan fingerprint density at radius 2 is 2.12 bits per heavy atom. The van der Waals surface area contributed by atoms with Gasteiger partial charge in [0.1, 0.15) is 12.4 Å². The predicted octanol–water partition coefficient (Wildman–Crippen LogP) is 3.88. The van der Waals surface area contributed by atoms with Crippen molar-refractivity contribution in [2.24, 2.45) is 0 Å². The van der Waals surface area contributed by atoms with E-state index in [4.69, 9.17) is 27.9 Å². The fourth-order valence-corrected chi connectivity index (χ4v) is 1.40. The Morgan fingerprint density at radius 3 is 2.76 bits per heavy atom. The maximum Gasteiger partial charge on any atom is 0.125 e. The number of rotatable bonds is 6. The lowest BCUT2D eigenvalue weighted by Gasteiger charge is -2.13. The van der Waals surface area contributed by atoms with Crippen molar-refractivity contribution in [2.75, 3.05) is 6.61 Å². The molecule has 0 aliphatic heterocycles. The highest BCUT2D eigenvalue weighted by Crippen LogP contribution is 2.19. The summed E-state index contributed by atoms with van der Waals surface area (Å²) in [6.07, 6.45) is 0. The largest absolute Gasteiger partial charge is 0.488 e. The Labute approximate surface area is 113 Å². The average Bonchev–Trinajstić information content (AvgIpc) is 2.34. The molecule has 0 radical (unpaired) electrons. The van der Waals surface area contributed by atoms with Crippen molar-refractivity contribution in [1.29, 1.82) is 0 Å². The molecule has 17 heavy (non-hydrogen) atoms. The van der Waals surface area contributed by atoms with Gasteiger partial charge in [-0.05, 0) is 6.07 Å². The van der Waals surface area contributed by atoms with E-state index in [0.29, 0.717) is 17.7 Å². The van der Waals surface area contributed by atoms with E-state index in [1.54, 1.807) is 0 Å². The van der Waals surface area contributed by atoms with Gasteiger partial charge in [0.25, 0.3) is 0 Å². The van der Waals surface area contributed by atoms with Gasteiger partial charge in [0.05, 0.1) is 5.03 Å². The van der Waals surface area contributed by atoms with Gasteiger partial charge in [-0.2, -0.15) is 0 Å². The molecular formula is C13H17Cl2NO. The first kappa shape index (κ1) is 14.4. The molecule has 94 valence electrons. The molecule has 1 N–H and O–H groups in total. The van der Waals surface area contributed by atoms with Gasteiger partial charge in [0.2, 0.25) is 0 Å². The predicted molar refractivity (Wildman–Crippen MR) is 73.7 cm³/mol. The van der Waals surface area contributed by atoms with Gasteiger partial charge in [-0.25, -0.2) is 0 Å². The number of benzene rings is 1. The lowest BCUT2D eigenvalue weighted by atomic mass is 10.2. The van der Waals surface area contributed by atoms with Gasteiger partial charge in [0.15, 0.2) is 0 Å². The minimum Gasteiger partial charge on any atom is -0.488 e. The smallest absolute Gasteiger partial charge is 0.125 e. The molecule has 1 aromatic carbocycles. The van der Waals surface area contributed by atoms with Gasteiger partial charge in [-0.3, -0.25) is 0 Å². The van der Waals surface area contributed by atoms with Crippen LogP contribution in [-0.2, 0) is 6.54 Å². The highest BCUT2D eigenvalue weighted by molar-refractivity contribution is 6.36. The topological polar surface area (TPSA) is 21.3 Å². The quantitative estimate of drug-likeness (QED) is 0.849. The number of hydrogen-bond acceptors (Lipinski definition) is 2. The van der Waals surface area contributed by atoms with Crippen LogP contribution in [0.1, 0.15) is 19.4 Å². The van der Waals surface area contributed by atoms with Crippen LogP contribution in [-0.4, -0.2) is 12.6 Å². The molecule has 0 atom stereocenters. The second kappa shape index (κ2) is 7.59. The third kappa shape index (κ3) is 5.44. The number of hydrogen-bond donors (Lipinski definition) is 1. The molecule has 0 saturated heterocycles. The standard InChI is InChI=1S/C13H17Cl2NO/c1-10(2)16-8-11-5-3-4-6-13(11)17-9-12(15)7-14/h3-7,10,16H,8-9H2,1-2H3. The van der Waals surface area contributed by atoms with E-state index in [1.165, 1.54) is 5.54 Å². The van der Waals surface area contributed by atoms with E-state index < -0.39 is 0 Å². The Bertz CT molecular complexity index is 377. The molecule has 0 aliphatic carbocycles.